The molecule has 0 aromatic carbocycles. The number of hydrogen-bond acceptors (Lipinski definition) is 4. The van der Waals surface area contributed by atoms with Crippen LogP contribution < -0.4 is 5.32 Å². The third kappa shape index (κ3) is 4.18. The van der Waals surface area contributed by atoms with Crippen molar-refractivity contribution in [2.75, 3.05) is 6.54 Å². The van der Waals surface area contributed by atoms with Crippen LogP contribution >= 0.6 is 0 Å². The van der Waals surface area contributed by atoms with E-state index in [1.54, 1.807) is 0 Å². The molecule has 0 spiro atoms. The molecule has 0 radical (unpaired) electrons. The second-order valence-corrected chi connectivity index (χ2v) is 8.21. The molecule has 2 aromatic rings. The van der Waals surface area contributed by atoms with Crippen molar-refractivity contribution in [3.8, 4) is 11.3 Å². The Kier molecular flexibility index (Phi) is 5.19. The predicted molar refractivity (Wildman–Crippen MR) is 105 cm³/mol. The quantitative estimate of drug-likeness (QED) is 0.874. The summed E-state index contributed by atoms with van der Waals surface area (Å²) in [7, 11) is 0. The fourth-order valence-electron chi connectivity index (χ4n) is 4.22. The lowest BCUT2D eigenvalue weighted by atomic mass is 9.79. The Balaban J connectivity index is 1.39. The second-order valence-electron chi connectivity index (χ2n) is 8.21. The number of pyridine rings is 1. The summed E-state index contributed by atoms with van der Waals surface area (Å²) < 4.78 is 0. The Morgan fingerprint density at radius 3 is 2.63 bits per heavy atom. The Morgan fingerprint density at radius 1 is 1.19 bits per heavy atom. The fourth-order valence-corrected chi connectivity index (χ4v) is 4.22. The first kappa shape index (κ1) is 18.1. The maximum absolute atomic E-state index is 12.0. The van der Waals surface area contributed by atoms with E-state index in [4.69, 9.17) is 4.98 Å². The van der Waals surface area contributed by atoms with E-state index in [9.17, 15) is 4.79 Å². The van der Waals surface area contributed by atoms with Crippen molar-refractivity contribution in [2.24, 2.45) is 17.8 Å². The van der Waals surface area contributed by atoms with Crippen LogP contribution in [0.4, 0.5) is 0 Å². The Hall–Kier alpha value is -2.30. The Bertz CT molecular complexity index is 799. The van der Waals surface area contributed by atoms with Crippen LogP contribution in [0.1, 0.15) is 56.5 Å². The van der Waals surface area contributed by atoms with Crippen molar-refractivity contribution in [3.05, 3.63) is 42.1 Å². The summed E-state index contributed by atoms with van der Waals surface area (Å²) in [6.07, 6.45) is 9.28. The lowest BCUT2D eigenvalue weighted by molar-refractivity contribution is -0.122. The van der Waals surface area contributed by atoms with E-state index in [0.717, 1.165) is 61.4 Å². The summed E-state index contributed by atoms with van der Waals surface area (Å²) in [6, 6.07) is 5.96. The second kappa shape index (κ2) is 7.75. The van der Waals surface area contributed by atoms with E-state index in [1.165, 1.54) is 0 Å². The van der Waals surface area contributed by atoms with Gasteiger partial charge >= 0.3 is 0 Å². The highest BCUT2D eigenvalue weighted by molar-refractivity contribution is 5.81. The van der Waals surface area contributed by atoms with Crippen LogP contribution in [0.25, 0.3) is 11.3 Å². The van der Waals surface area contributed by atoms with E-state index in [0.29, 0.717) is 17.8 Å². The first-order valence-corrected chi connectivity index (χ1v) is 10.1. The van der Waals surface area contributed by atoms with Crippen LogP contribution in [0.3, 0.4) is 0 Å². The zero-order chi connectivity index (χ0) is 18.8. The highest BCUT2D eigenvalue weighted by Crippen LogP contribution is 2.39. The van der Waals surface area contributed by atoms with Crippen LogP contribution in [0.5, 0.6) is 0 Å². The van der Waals surface area contributed by atoms with Gasteiger partial charge in [-0.05, 0) is 63.0 Å². The molecule has 0 unspecified atom stereocenters. The van der Waals surface area contributed by atoms with Gasteiger partial charge in [0.25, 0.3) is 0 Å². The maximum atomic E-state index is 12.0. The summed E-state index contributed by atoms with van der Waals surface area (Å²) in [6.45, 7) is 4.93. The molecule has 2 aromatic heterocycles. The smallest absolute Gasteiger partial charge is 0.223 e. The molecule has 2 aliphatic carbocycles. The van der Waals surface area contributed by atoms with E-state index in [1.807, 2.05) is 37.5 Å². The van der Waals surface area contributed by atoms with Crippen molar-refractivity contribution in [1.29, 1.82) is 0 Å². The molecule has 142 valence electrons. The average Bonchev–Trinajstić information content (AvgIpc) is 3.44. The molecule has 5 nitrogen and oxygen atoms in total. The van der Waals surface area contributed by atoms with E-state index >= 15 is 0 Å². The van der Waals surface area contributed by atoms with Crippen LogP contribution in [-0.4, -0.2) is 27.4 Å². The highest BCUT2D eigenvalue weighted by atomic mass is 16.2. The minimum Gasteiger partial charge on any atom is -0.356 e. The van der Waals surface area contributed by atoms with E-state index in [-0.39, 0.29) is 11.8 Å². The molecular formula is C22H28N4O. The number of hydrogen-bond donors (Lipinski definition) is 1. The minimum atomic E-state index is 0.258. The van der Waals surface area contributed by atoms with Crippen molar-refractivity contribution < 1.29 is 4.79 Å². The number of amides is 1. The van der Waals surface area contributed by atoms with Gasteiger partial charge in [0.05, 0.1) is 11.4 Å². The number of carbonyl (C=O) groups is 1. The van der Waals surface area contributed by atoms with Crippen LogP contribution in [0, 0.1) is 24.7 Å². The fraction of sp³-hybridized carbons (Fsp3) is 0.545. The number of carbonyl (C=O) groups excluding carboxylic acids is 1. The number of nitrogens with one attached hydrogen (secondary N) is 1. The number of nitrogens with zero attached hydrogens (tertiary/aromatic N) is 3. The standard InChI is InChI=1S/C22H28N4O/c1-14-11-18(14)22(27)25-12-16-6-8-17(9-7-16)21-19(13-24-15(2)26-21)20-5-3-4-10-23-20/h3-5,10,13-14,16-18H,6-9,11-12H2,1-2H3,(H,25,27)/t14-,16?,17?,18-/m1/s1. The van der Waals surface area contributed by atoms with Gasteiger partial charge in [0.1, 0.15) is 5.82 Å². The third-order valence-electron chi connectivity index (χ3n) is 6.12. The molecule has 2 aliphatic rings. The molecular weight excluding hydrogens is 336 g/mol. The molecule has 2 saturated carbocycles. The summed E-state index contributed by atoms with van der Waals surface area (Å²) in [5.41, 5.74) is 3.14. The molecule has 2 fully saturated rings. The average molecular weight is 364 g/mol. The van der Waals surface area contributed by atoms with Gasteiger partial charge in [-0.3, -0.25) is 9.78 Å². The lowest BCUT2D eigenvalue weighted by Gasteiger charge is -2.29. The van der Waals surface area contributed by atoms with Gasteiger partial charge in [0, 0.05) is 36.3 Å². The molecule has 1 amide bonds. The zero-order valence-corrected chi connectivity index (χ0v) is 16.2. The molecule has 0 bridgehead atoms. The first-order chi connectivity index (χ1) is 13.1. The summed E-state index contributed by atoms with van der Waals surface area (Å²) in [5, 5.41) is 3.17. The van der Waals surface area contributed by atoms with E-state index < -0.39 is 0 Å². The lowest BCUT2D eigenvalue weighted by Crippen LogP contribution is -2.32. The molecule has 0 saturated heterocycles. The van der Waals surface area contributed by atoms with Gasteiger partial charge < -0.3 is 5.32 Å². The monoisotopic (exact) mass is 364 g/mol. The summed E-state index contributed by atoms with van der Waals surface area (Å²) in [5.74, 6) is 2.95. The van der Waals surface area contributed by atoms with Crippen molar-refractivity contribution >= 4 is 5.91 Å². The van der Waals surface area contributed by atoms with Crippen molar-refractivity contribution in [1.82, 2.24) is 20.3 Å². The van der Waals surface area contributed by atoms with Crippen LogP contribution in [0.15, 0.2) is 30.6 Å². The van der Waals surface area contributed by atoms with Crippen LogP contribution in [0.2, 0.25) is 0 Å². The molecule has 2 atom stereocenters. The number of aromatic nitrogens is 3. The van der Waals surface area contributed by atoms with Gasteiger partial charge in [-0.2, -0.15) is 0 Å². The van der Waals surface area contributed by atoms with Gasteiger partial charge in [-0.25, -0.2) is 9.97 Å². The third-order valence-corrected chi connectivity index (χ3v) is 6.12. The zero-order valence-electron chi connectivity index (χ0n) is 16.2. The molecule has 5 heteroatoms. The van der Waals surface area contributed by atoms with Gasteiger partial charge in [-0.15, -0.1) is 0 Å². The molecule has 1 N–H and O–H groups in total. The number of rotatable bonds is 5. The highest BCUT2D eigenvalue weighted by Gasteiger charge is 2.39. The first-order valence-electron chi connectivity index (χ1n) is 10.1. The largest absolute Gasteiger partial charge is 0.356 e. The van der Waals surface area contributed by atoms with Gasteiger partial charge in [-0.1, -0.05) is 13.0 Å². The molecule has 27 heavy (non-hydrogen) atoms. The summed E-state index contributed by atoms with van der Waals surface area (Å²) >= 11 is 0. The normalized spacial score (nSPS) is 27.2. The van der Waals surface area contributed by atoms with Gasteiger partial charge in [0.2, 0.25) is 5.91 Å². The Morgan fingerprint density at radius 2 is 1.96 bits per heavy atom. The SMILES string of the molecule is Cc1ncc(-c2ccccn2)c(C2CCC(CNC(=O)[C@@H]3C[C@H]3C)CC2)n1. The summed E-state index contributed by atoms with van der Waals surface area (Å²) in [4.78, 5) is 25.7. The molecule has 2 heterocycles. The van der Waals surface area contributed by atoms with Crippen molar-refractivity contribution in [3.63, 3.8) is 0 Å². The molecule has 0 aliphatic heterocycles. The topological polar surface area (TPSA) is 67.8 Å². The molecule has 4 rings (SSSR count). The van der Waals surface area contributed by atoms with Gasteiger partial charge in [0.15, 0.2) is 0 Å². The maximum Gasteiger partial charge on any atom is 0.223 e. The number of aryl methyl sites for hydroxylation is 1. The van der Waals surface area contributed by atoms with Crippen LogP contribution in [-0.2, 0) is 4.79 Å². The predicted octanol–water partition coefficient (Wildman–Crippen LogP) is 3.89. The Labute approximate surface area is 161 Å². The van der Waals surface area contributed by atoms with Crippen molar-refractivity contribution in [2.45, 2.75) is 51.9 Å². The minimum absolute atomic E-state index is 0.258. The van der Waals surface area contributed by atoms with E-state index in [2.05, 4.69) is 22.2 Å².